The molecule has 0 spiro atoms. The molecule has 2 N–H and O–H groups in total. The number of fused-ring (bicyclic) bond motifs is 1. The van der Waals surface area contributed by atoms with Gasteiger partial charge in [-0.25, -0.2) is 17.9 Å². The molecule has 0 amide bonds. The van der Waals surface area contributed by atoms with Gasteiger partial charge < -0.3 is 9.52 Å². The third-order valence-electron chi connectivity index (χ3n) is 4.04. The van der Waals surface area contributed by atoms with Gasteiger partial charge in [0.2, 0.25) is 10.0 Å². The highest BCUT2D eigenvalue weighted by Crippen LogP contribution is 2.20. The highest BCUT2D eigenvalue weighted by molar-refractivity contribution is 7.98. The van der Waals surface area contributed by atoms with E-state index in [0.29, 0.717) is 16.7 Å². The lowest BCUT2D eigenvalue weighted by atomic mass is 10.1. The van der Waals surface area contributed by atoms with Crippen molar-refractivity contribution >= 4 is 32.9 Å². The molecule has 0 unspecified atom stereocenters. The van der Waals surface area contributed by atoms with Crippen LogP contribution in [-0.2, 0) is 17.1 Å². The molecule has 1 atom stereocenters. The zero-order valence-electron chi connectivity index (χ0n) is 14.2. The average molecular weight is 394 g/mol. The van der Waals surface area contributed by atoms with Gasteiger partial charge in [-0.3, -0.25) is 4.57 Å². The molecule has 0 bridgehead atoms. The van der Waals surface area contributed by atoms with E-state index in [4.69, 9.17) is 4.42 Å². The molecule has 138 valence electrons. The summed E-state index contributed by atoms with van der Waals surface area (Å²) in [6, 6.07) is 11.4. The zero-order chi connectivity index (χ0) is 18.9. The van der Waals surface area contributed by atoms with Gasteiger partial charge in [0.05, 0.1) is 16.5 Å². The van der Waals surface area contributed by atoms with Gasteiger partial charge in [0, 0.05) is 18.5 Å². The van der Waals surface area contributed by atoms with Crippen LogP contribution < -0.4 is 10.5 Å². The Morgan fingerprint density at radius 3 is 2.58 bits per heavy atom. The van der Waals surface area contributed by atoms with Crippen molar-refractivity contribution in [1.29, 1.82) is 0 Å². The molecule has 0 aliphatic heterocycles. The van der Waals surface area contributed by atoms with E-state index in [1.807, 2.05) is 18.4 Å². The Hall–Kier alpha value is -2.07. The van der Waals surface area contributed by atoms with Crippen molar-refractivity contribution in [2.75, 3.05) is 12.8 Å². The number of nitrogens with one attached hydrogen (secondary N) is 1. The van der Waals surface area contributed by atoms with Crippen LogP contribution in [0.1, 0.15) is 11.7 Å². The Labute approximate surface area is 154 Å². The number of aromatic nitrogens is 1. The molecule has 0 fully saturated rings. The number of hydrogen-bond donors (Lipinski definition) is 2. The fraction of sp³-hybridized carbons (Fsp3) is 0.235. The number of benzene rings is 2. The van der Waals surface area contributed by atoms with Crippen molar-refractivity contribution < 1.29 is 17.9 Å². The Balaban J connectivity index is 1.77. The van der Waals surface area contributed by atoms with Crippen LogP contribution in [0.25, 0.3) is 11.1 Å². The van der Waals surface area contributed by atoms with Crippen molar-refractivity contribution in [2.24, 2.45) is 7.05 Å². The van der Waals surface area contributed by atoms with Crippen LogP contribution in [0.5, 0.6) is 0 Å². The van der Waals surface area contributed by atoms with Crippen molar-refractivity contribution in [2.45, 2.75) is 15.9 Å². The summed E-state index contributed by atoms with van der Waals surface area (Å²) in [6.45, 7) is -0.163. The van der Waals surface area contributed by atoms with Crippen molar-refractivity contribution in [3.8, 4) is 0 Å². The number of sulfonamides is 1. The topological polar surface area (TPSA) is 102 Å². The van der Waals surface area contributed by atoms with Gasteiger partial charge in [0.25, 0.3) is 0 Å². The molecule has 0 aliphatic carbocycles. The van der Waals surface area contributed by atoms with E-state index in [1.165, 1.54) is 29.8 Å². The summed E-state index contributed by atoms with van der Waals surface area (Å²) in [6.07, 6.45) is 0.981. The van der Waals surface area contributed by atoms with Crippen molar-refractivity contribution in [3.63, 3.8) is 0 Å². The third kappa shape index (κ3) is 3.70. The minimum Gasteiger partial charge on any atom is -0.408 e. The first kappa shape index (κ1) is 18.7. The van der Waals surface area contributed by atoms with Crippen LogP contribution in [0.3, 0.4) is 0 Å². The second-order valence-electron chi connectivity index (χ2n) is 5.70. The van der Waals surface area contributed by atoms with Crippen molar-refractivity contribution in [1.82, 2.24) is 9.29 Å². The molecule has 0 radical (unpaired) electrons. The highest BCUT2D eigenvalue weighted by atomic mass is 32.2. The van der Waals surface area contributed by atoms with E-state index in [1.54, 1.807) is 23.9 Å². The number of aliphatic hydroxyl groups excluding tert-OH is 1. The summed E-state index contributed by atoms with van der Waals surface area (Å²) in [5, 5.41) is 10.2. The lowest BCUT2D eigenvalue weighted by Crippen LogP contribution is -2.28. The van der Waals surface area contributed by atoms with Crippen LogP contribution in [0.2, 0.25) is 0 Å². The van der Waals surface area contributed by atoms with Gasteiger partial charge in [-0.05, 0) is 42.2 Å². The number of hydrogen-bond acceptors (Lipinski definition) is 6. The molecule has 1 heterocycles. The largest absolute Gasteiger partial charge is 0.419 e. The van der Waals surface area contributed by atoms with E-state index in [0.717, 1.165) is 4.90 Å². The molecule has 26 heavy (non-hydrogen) atoms. The van der Waals surface area contributed by atoms with Crippen LogP contribution >= 0.6 is 11.8 Å². The molecule has 3 rings (SSSR count). The molecule has 3 aromatic rings. The predicted molar refractivity (Wildman–Crippen MR) is 99.8 cm³/mol. The van der Waals surface area contributed by atoms with E-state index in [-0.39, 0.29) is 11.4 Å². The van der Waals surface area contributed by atoms with Gasteiger partial charge in [-0.1, -0.05) is 12.1 Å². The van der Waals surface area contributed by atoms with E-state index in [9.17, 15) is 18.3 Å². The maximum atomic E-state index is 12.5. The normalized spacial score (nSPS) is 13.2. The Morgan fingerprint density at radius 2 is 1.92 bits per heavy atom. The molecule has 1 aromatic heterocycles. The molecular formula is C17H18N2O5S2. The Kier molecular flexibility index (Phi) is 5.24. The fourth-order valence-corrected chi connectivity index (χ4v) is 3.96. The molecule has 0 aliphatic rings. The average Bonchev–Trinajstić information content (AvgIpc) is 2.93. The van der Waals surface area contributed by atoms with Crippen LogP contribution in [0.4, 0.5) is 0 Å². The monoisotopic (exact) mass is 394 g/mol. The summed E-state index contributed by atoms with van der Waals surface area (Å²) < 4.78 is 33.6. The predicted octanol–water partition coefficient (Wildman–Crippen LogP) is 1.87. The zero-order valence-corrected chi connectivity index (χ0v) is 15.8. The molecule has 0 saturated heterocycles. The summed E-state index contributed by atoms with van der Waals surface area (Å²) in [5.41, 5.74) is 1.31. The summed E-state index contributed by atoms with van der Waals surface area (Å²) in [4.78, 5) is 12.6. The minimum absolute atomic E-state index is 0.00803. The van der Waals surface area contributed by atoms with E-state index >= 15 is 0 Å². The van der Waals surface area contributed by atoms with Crippen molar-refractivity contribution in [3.05, 3.63) is 58.6 Å². The third-order valence-corrected chi connectivity index (χ3v) is 6.21. The van der Waals surface area contributed by atoms with Gasteiger partial charge in [-0.15, -0.1) is 11.8 Å². The first-order chi connectivity index (χ1) is 12.3. The maximum absolute atomic E-state index is 12.5. The number of aliphatic hydroxyl groups is 1. The molecule has 2 aromatic carbocycles. The van der Waals surface area contributed by atoms with Gasteiger partial charge in [-0.2, -0.15) is 0 Å². The Morgan fingerprint density at radius 1 is 1.23 bits per heavy atom. The van der Waals surface area contributed by atoms with Gasteiger partial charge in [0.15, 0.2) is 5.58 Å². The minimum atomic E-state index is -3.85. The smallest absolute Gasteiger partial charge is 0.408 e. The number of oxazole rings is 1. The number of thioether (sulfide) groups is 1. The summed E-state index contributed by atoms with van der Waals surface area (Å²) >= 11 is 1.58. The number of aryl methyl sites for hydroxylation is 1. The number of rotatable bonds is 6. The van der Waals surface area contributed by atoms with Crippen LogP contribution in [0, 0.1) is 0 Å². The lowest BCUT2D eigenvalue weighted by Gasteiger charge is -2.13. The summed E-state index contributed by atoms with van der Waals surface area (Å²) in [7, 11) is -2.35. The fourth-order valence-electron chi connectivity index (χ4n) is 2.49. The van der Waals surface area contributed by atoms with Gasteiger partial charge >= 0.3 is 5.76 Å². The second kappa shape index (κ2) is 7.28. The lowest BCUT2D eigenvalue weighted by molar-refractivity contribution is 0.182. The standard InChI is InChI=1S/C17H18N2O5S2/c1-19-14-9-13(7-8-16(14)24-17(19)21)26(22,23)18-10-15(20)11-3-5-12(25-2)6-4-11/h3-9,15,18,20H,10H2,1-2H3/t15-/m0/s1. The van der Waals surface area contributed by atoms with E-state index < -0.39 is 21.9 Å². The molecular weight excluding hydrogens is 376 g/mol. The Bertz CT molecular complexity index is 1080. The first-order valence-corrected chi connectivity index (χ1v) is 10.4. The van der Waals surface area contributed by atoms with Crippen LogP contribution in [0.15, 0.2) is 61.5 Å². The molecule has 0 saturated carbocycles. The molecule has 7 nitrogen and oxygen atoms in total. The highest BCUT2D eigenvalue weighted by Gasteiger charge is 2.19. The first-order valence-electron chi connectivity index (χ1n) is 7.73. The quantitative estimate of drug-likeness (QED) is 0.619. The SMILES string of the molecule is CSc1ccc([C@@H](O)CNS(=O)(=O)c2ccc3oc(=O)n(C)c3c2)cc1. The van der Waals surface area contributed by atoms with E-state index in [2.05, 4.69) is 4.72 Å². The number of nitrogens with zero attached hydrogens (tertiary/aromatic N) is 1. The molecule has 9 heteroatoms. The van der Waals surface area contributed by atoms with Crippen LogP contribution in [-0.4, -0.2) is 30.9 Å². The summed E-state index contributed by atoms with van der Waals surface area (Å²) in [5.74, 6) is -0.563. The second-order valence-corrected chi connectivity index (χ2v) is 8.34. The van der Waals surface area contributed by atoms with Gasteiger partial charge in [0.1, 0.15) is 0 Å². The maximum Gasteiger partial charge on any atom is 0.419 e.